The summed E-state index contributed by atoms with van der Waals surface area (Å²) < 4.78 is 9.98. The number of esters is 1. The standard InChI is InChI=1S/C14H19NO3/c1-10-4-5-12(6-11(10)2)15-7-14(8-18-9-14)13(16)17-3/h4-6,15H,7-9H2,1-3H3. The summed E-state index contributed by atoms with van der Waals surface area (Å²) in [6, 6.07) is 6.17. The van der Waals surface area contributed by atoms with Crippen molar-refractivity contribution < 1.29 is 14.3 Å². The lowest BCUT2D eigenvalue weighted by Crippen LogP contribution is -2.54. The average Bonchev–Trinajstić information content (AvgIpc) is 2.31. The van der Waals surface area contributed by atoms with Gasteiger partial charge < -0.3 is 14.8 Å². The zero-order valence-corrected chi connectivity index (χ0v) is 11.1. The van der Waals surface area contributed by atoms with Crippen LogP contribution in [0.3, 0.4) is 0 Å². The van der Waals surface area contributed by atoms with Crippen molar-refractivity contribution in [2.24, 2.45) is 5.41 Å². The monoisotopic (exact) mass is 249 g/mol. The summed E-state index contributed by atoms with van der Waals surface area (Å²) in [6.07, 6.45) is 0. The van der Waals surface area contributed by atoms with Crippen molar-refractivity contribution in [1.82, 2.24) is 0 Å². The van der Waals surface area contributed by atoms with Gasteiger partial charge in [-0.05, 0) is 37.1 Å². The van der Waals surface area contributed by atoms with Crippen molar-refractivity contribution in [1.29, 1.82) is 0 Å². The highest BCUT2D eigenvalue weighted by atomic mass is 16.5. The third kappa shape index (κ3) is 2.34. The molecule has 1 saturated heterocycles. The van der Waals surface area contributed by atoms with E-state index in [1.54, 1.807) is 0 Å². The van der Waals surface area contributed by atoms with Crippen molar-refractivity contribution in [2.45, 2.75) is 13.8 Å². The molecule has 0 radical (unpaired) electrons. The maximum Gasteiger partial charge on any atom is 0.318 e. The van der Waals surface area contributed by atoms with Gasteiger partial charge in [-0.2, -0.15) is 0 Å². The minimum absolute atomic E-state index is 0.204. The number of nitrogens with one attached hydrogen (secondary N) is 1. The lowest BCUT2D eigenvalue weighted by Gasteiger charge is -2.38. The Kier molecular flexibility index (Phi) is 3.57. The fourth-order valence-electron chi connectivity index (χ4n) is 1.98. The zero-order chi connectivity index (χ0) is 13.2. The molecular formula is C14H19NO3. The molecule has 1 aliphatic heterocycles. The van der Waals surface area contributed by atoms with Crippen LogP contribution < -0.4 is 5.32 Å². The number of rotatable bonds is 4. The van der Waals surface area contributed by atoms with Crippen molar-refractivity contribution in [3.8, 4) is 0 Å². The van der Waals surface area contributed by atoms with E-state index in [0.29, 0.717) is 19.8 Å². The van der Waals surface area contributed by atoms with E-state index in [1.807, 2.05) is 6.07 Å². The quantitative estimate of drug-likeness (QED) is 0.828. The van der Waals surface area contributed by atoms with Gasteiger partial charge in [0.15, 0.2) is 0 Å². The largest absolute Gasteiger partial charge is 0.468 e. The van der Waals surface area contributed by atoms with E-state index in [9.17, 15) is 4.79 Å². The lowest BCUT2D eigenvalue weighted by molar-refractivity contribution is -0.180. The van der Waals surface area contributed by atoms with Crippen LogP contribution in [0.2, 0.25) is 0 Å². The number of benzene rings is 1. The molecule has 1 aromatic rings. The fourth-order valence-corrected chi connectivity index (χ4v) is 1.98. The summed E-state index contributed by atoms with van der Waals surface area (Å²) in [5.74, 6) is -0.204. The Morgan fingerprint density at radius 2 is 2.11 bits per heavy atom. The molecule has 0 aromatic heterocycles. The Balaban J connectivity index is 2.02. The molecule has 0 spiro atoms. The Labute approximate surface area is 107 Å². The number of anilines is 1. The summed E-state index contributed by atoms with van der Waals surface area (Å²) in [5.41, 5.74) is 2.99. The third-order valence-corrected chi connectivity index (χ3v) is 3.51. The highest BCUT2D eigenvalue weighted by Gasteiger charge is 2.47. The molecule has 0 atom stereocenters. The van der Waals surface area contributed by atoms with Crippen LogP contribution in [0.15, 0.2) is 18.2 Å². The van der Waals surface area contributed by atoms with Gasteiger partial charge in [0.25, 0.3) is 0 Å². The molecule has 1 N–H and O–H groups in total. The van der Waals surface area contributed by atoms with Crippen molar-refractivity contribution in [3.05, 3.63) is 29.3 Å². The smallest absolute Gasteiger partial charge is 0.318 e. The van der Waals surface area contributed by atoms with Gasteiger partial charge in [-0.15, -0.1) is 0 Å². The first-order valence-corrected chi connectivity index (χ1v) is 6.05. The molecule has 0 unspecified atom stereocenters. The maximum atomic E-state index is 11.7. The Morgan fingerprint density at radius 3 is 2.61 bits per heavy atom. The predicted octanol–water partition coefficient (Wildman–Crippen LogP) is 1.90. The molecule has 0 aliphatic carbocycles. The Hall–Kier alpha value is -1.55. The van der Waals surface area contributed by atoms with Gasteiger partial charge in [-0.25, -0.2) is 0 Å². The number of hydrogen-bond donors (Lipinski definition) is 1. The second-order valence-electron chi connectivity index (χ2n) is 4.92. The van der Waals surface area contributed by atoms with Gasteiger partial charge in [-0.1, -0.05) is 6.07 Å². The average molecular weight is 249 g/mol. The van der Waals surface area contributed by atoms with E-state index in [-0.39, 0.29) is 5.97 Å². The molecule has 4 heteroatoms. The van der Waals surface area contributed by atoms with Gasteiger partial charge >= 0.3 is 5.97 Å². The van der Waals surface area contributed by atoms with E-state index in [2.05, 4.69) is 31.3 Å². The molecule has 0 bridgehead atoms. The van der Waals surface area contributed by atoms with Crippen molar-refractivity contribution in [2.75, 3.05) is 32.2 Å². The maximum absolute atomic E-state index is 11.7. The minimum atomic E-state index is -0.520. The Bertz CT molecular complexity index is 452. The summed E-state index contributed by atoms with van der Waals surface area (Å²) >= 11 is 0. The first-order valence-electron chi connectivity index (χ1n) is 6.05. The molecule has 98 valence electrons. The van der Waals surface area contributed by atoms with Crippen LogP contribution in [-0.2, 0) is 14.3 Å². The summed E-state index contributed by atoms with van der Waals surface area (Å²) in [6.45, 7) is 5.55. The fraction of sp³-hybridized carbons (Fsp3) is 0.500. The minimum Gasteiger partial charge on any atom is -0.468 e. The molecule has 4 nitrogen and oxygen atoms in total. The topological polar surface area (TPSA) is 47.6 Å². The summed E-state index contributed by atoms with van der Waals surface area (Å²) in [4.78, 5) is 11.7. The number of methoxy groups -OCH3 is 1. The van der Waals surface area contributed by atoms with Crippen LogP contribution in [0.1, 0.15) is 11.1 Å². The van der Waals surface area contributed by atoms with Crippen LogP contribution in [0.4, 0.5) is 5.69 Å². The van der Waals surface area contributed by atoms with E-state index < -0.39 is 5.41 Å². The molecule has 0 amide bonds. The van der Waals surface area contributed by atoms with E-state index in [0.717, 1.165) is 5.69 Å². The molecule has 2 rings (SSSR count). The van der Waals surface area contributed by atoms with Gasteiger partial charge in [0, 0.05) is 12.2 Å². The van der Waals surface area contributed by atoms with Gasteiger partial charge in [0.2, 0.25) is 0 Å². The molecule has 0 saturated carbocycles. The first kappa shape index (κ1) is 12.9. The molecule has 1 fully saturated rings. The normalized spacial score (nSPS) is 16.8. The summed E-state index contributed by atoms with van der Waals surface area (Å²) in [5, 5.41) is 3.29. The van der Waals surface area contributed by atoms with Crippen LogP contribution in [-0.4, -0.2) is 32.8 Å². The van der Waals surface area contributed by atoms with E-state index >= 15 is 0 Å². The summed E-state index contributed by atoms with van der Waals surface area (Å²) in [7, 11) is 1.42. The Morgan fingerprint density at radius 1 is 1.39 bits per heavy atom. The lowest BCUT2D eigenvalue weighted by atomic mass is 9.86. The van der Waals surface area contributed by atoms with Crippen LogP contribution >= 0.6 is 0 Å². The SMILES string of the molecule is COC(=O)C1(CNc2ccc(C)c(C)c2)COC1. The number of carbonyl (C=O) groups is 1. The van der Waals surface area contributed by atoms with E-state index in [1.165, 1.54) is 18.2 Å². The van der Waals surface area contributed by atoms with Crippen molar-refractivity contribution in [3.63, 3.8) is 0 Å². The highest BCUT2D eigenvalue weighted by molar-refractivity contribution is 5.79. The second kappa shape index (κ2) is 4.98. The van der Waals surface area contributed by atoms with Gasteiger partial charge in [-0.3, -0.25) is 4.79 Å². The molecule has 1 aliphatic rings. The zero-order valence-electron chi connectivity index (χ0n) is 11.1. The van der Waals surface area contributed by atoms with E-state index in [4.69, 9.17) is 9.47 Å². The van der Waals surface area contributed by atoms with Crippen LogP contribution in [0.5, 0.6) is 0 Å². The van der Waals surface area contributed by atoms with Crippen molar-refractivity contribution >= 4 is 11.7 Å². The predicted molar refractivity (Wildman–Crippen MR) is 69.7 cm³/mol. The van der Waals surface area contributed by atoms with Gasteiger partial charge in [0.05, 0.1) is 20.3 Å². The molecule has 1 heterocycles. The van der Waals surface area contributed by atoms with Gasteiger partial charge in [0.1, 0.15) is 5.41 Å². The highest BCUT2D eigenvalue weighted by Crippen LogP contribution is 2.29. The number of aryl methyl sites for hydroxylation is 2. The molecule has 1 aromatic carbocycles. The third-order valence-electron chi connectivity index (χ3n) is 3.51. The molecule has 18 heavy (non-hydrogen) atoms. The second-order valence-corrected chi connectivity index (χ2v) is 4.92. The van der Waals surface area contributed by atoms with Crippen LogP contribution in [0.25, 0.3) is 0 Å². The number of carbonyl (C=O) groups excluding carboxylic acids is 1. The molecular weight excluding hydrogens is 230 g/mol. The number of hydrogen-bond acceptors (Lipinski definition) is 4. The number of ether oxygens (including phenoxy) is 2. The first-order chi connectivity index (χ1) is 8.57. The van der Waals surface area contributed by atoms with Crippen LogP contribution in [0, 0.1) is 19.3 Å².